The lowest BCUT2D eigenvalue weighted by atomic mass is 10.3. The molecular weight excluding hydrogens is 178 g/mol. The van der Waals surface area contributed by atoms with E-state index < -0.39 is 0 Å². The molecule has 0 aliphatic heterocycles. The van der Waals surface area contributed by atoms with E-state index in [-0.39, 0.29) is 0 Å². The summed E-state index contributed by atoms with van der Waals surface area (Å²) in [5.41, 5.74) is 11.9. The molecule has 5 nitrogen and oxygen atoms in total. The van der Waals surface area contributed by atoms with Crippen molar-refractivity contribution in [3.8, 4) is 0 Å². The Labute approximate surface area is 84.1 Å². The van der Waals surface area contributed by atoms with Crippen molar-refractivity contribution in [2.24, 2.45) is 11.5 Å². The molecule has 78 valence electrons. The Kier molecular flexibility index (Phi) is 4.28. The van der Waals surface area contributed by atoms with E-state index in [1.807, 2.05) is 6.92 Å². The van der Waals surface area contributed by atoms with Gasteiger partial charge in [-0.1, -0.05) is 0 Å². The highest BCUT2D eigenvalue weighted by Gasteiger charge is 2.08. The second-order valence-electron chi connectivity index (χ2n) is 3.03. The second-order valence-corrected chi connectivity index (χ2v) is 3.03. The molecule has 4 N–H and O–H groups in total. The largest absolute Gasteiger partial charge is 0.353 e. The molecule has 0 fully saturated rings. The average Bonchev–Trinajstić information content (AvgIpc) is 2.18. The van der Waals surface area contributed by atoms with Gasteiger partial charge in [0.15, 0.2) is 0 Å². The maximum absolute atomic E-state index is 5.52. The Morgan fingerprint density at radius 1 is 1.14 bits per heavy atom. The van der Waals surface area contributed by atoms with Gasteiger partial charge in [-0.3, -0.25) is 4.98 Å². The number of rotatable bonds is 5. The number of nitrogens with zero attached hydrogens (tertiary/aromatic N) is 3. The van der Waals surface area contributed by atoms with Gasteiger partial charge in [-0.2, -0.15) is 0 Å². The van der Waals surface area contributed by atoms with Crippen LogP contribution in [0.4, 0.5) is 5.82 Å². The van der Waals surface area contributed by atoms with Crippen molar-refractivity contribution >= 4 is 5.82 Å². The third kappa shape index (κ3) is 2.65. The third-order valence-corrected chi connectivity index (χ3v) is 1.95. The molecular formula is C9H17N5. The van der Waals surface area contributed by atoms with Gasteiger partial charge in [0.2, 0.25) is 0 Å². The molecule has 0 spiro atoms. The summed E-state index contributed by atoms with van der Waals surface area (Å²) in [5, 5.41) is 0. The molecule has 0 amide bonds. The maximum atomic E-state index is 5.52. The zero-order chi connectivity index (χ0) is 10.4. The van der Waals surface area contributed by atoms with E-state index in [0.717, 1.165) is 24.6 Å². The van der Waals surface area contributed by atoms with Crippen LogP contribution in [0.15, 0.2) is 12.4 Å². The Balaban J connectivity index is 2.81. The van der Waals surface area contributed by atoms with Crippen LogP contribution in [0, 0.1) is 6.92 Å². The normalized spacial score (nSPS) is 10.2. The number of aryl methyl sites for hydroxylation is 1. The van der Waals surface area contributed by atoms with E-state index in [0.29, 0.717) is 13.1 Å². The molecule has 1 rings (SSSR count). The second kappa shape index (κ2) is 5.51. The Bertz CT molecular complexity index is 270. The molecule has 1 aromatic heterocycles. The Morgan fingerprint density at radius 3 is 2.21 bits per heavy atom. The molecule has 0 saturated heterocycles. The molecule has 0 atom stereocenters. The van der Waals surface area contributed by atoms with Gasteiger partial charge < -0.3 is 16.4 Å². The minimum Gasteiger partial charge on any atom is -0.353 e. The first-order valence-electron chi connectivity index (χ1n) is 4.72. The smallest absolute Gasteiger partial charge is 0.150 e. The van der Waals surface area contributed by atoms with Gasteiger partial charge in [0.25, 0.3) is 0 Å². The van der Waals surface area contributed by atoms with Crippen LogP contribution in [0.5, 0.6) is 0 Å². The lowest BCUT2D eigenvalue weighted by molar-refractivity contribution is 0.762. The molecule has 1 aromatic rings. The number of nitrogens with two attached hydrogens (primary N) is 2. The van der Waals surface area contributed by atoms with Crippen molar-refractivity contribution in [2.45, 2.75) is 6.92 Å². The highest BCUT2D eigenvalue weighted by molar-refractivity contribution is 5.42. The van der Waals surface area contributed by atoms with Crippen molar-refractivity contribution < 1.29 is 0 Å². The first-order valence-corrected chi connectivity index (χ1v) is 4.72. The van der Waals surface area contributed by atoms with Crippen molar-refractivity contribution in [1.29, 1.82) is 0 Å². The molecule has 0 bridgehead atoms. The van der Waals surface area contributed by atoms with Gasteiger partial charge in [0.1, 0.15) is 5.82 Å². The van der Waals surface area contributed by atoms with Crippen LogP contribution in [0.25, 0.3) is 0 Å². The molecule has 0 aliphatic carbocycles. The number of hydrogen-bond donors (Lipinski definition) is 2. The van der Waals surface area contributed by atoms with Gasteiger partial charge in [0, 0.05) is 38.6 Å². The van der Waals surface area contributed by atoms with Crippen molar-refractivity contribution in [3.63, 3.8) is 0 Å². The zero-order valence-corrected chi connectivity index (χ0v) is 8.48. The summed E-state index contributed by atoms with van der Waals surface area (Å²) in [6, 6.07) is 0. The number of hydrogen-bond acceptors (Lipinski definition) is 5. The molecule has 1 heterocycles. The van der Waals surface area contributed by atoms with E-state index in [1.165, 1.54) is 0 Å². The van der Waals surface area contributed by atoms with Crippen molar-refractivity contribution in [3.05, 3.63) is 18.1 Å². The fourth-order valence-corrected chi connectivity index (χ4v) is 1.35. The highest BCUT2D eigenvalue weighted by atomic mass is 15.2. The van der Waals surface area contributed by atoms with Gasteiger partial charge in [-0.05, 0) is 6.92 Å². The molecule has 0 radical (unpaired) electrons. The standard InChI is InChI=1S/C9H17N5/c1-8-9(13-5-4-12-8)14(6-2-10)7-3-11/h4-5H,2-3,6-7,10-11H2,1H3. The predicted octanol–water partition coefficient (Wildman–Crippen LogP) is -0.491. The van der Waals surface area contributed by atoms with Crippen molar-refractivity contribution in [2.75, 3.05) is 31.1 Å². The summed E-state index contributed by atoms with van der Waals surface area (Å²) >= 11 is 0. The topological polar surface area (TPSA) is 81.1 Å². The van der Waals surface area contributed by atoms with Crippen LogP contribution >= 0.6 is 0 Å². The molecule has 14 heavy (non-hydrogen) atoms. The van der Waals surface area contributed by atoms with Crippen molar-refractivity contribution in [1.82, 2.24) is 9.97 Å². The lowest BCUT2D eigenvalue weighted by Crippen LogP contribution is -2.35. The summed E-state index contributed by atoms with van der Waals surface area (Å²) in [4.78, 5) is 10.5. The fraction of sp³-hybridized carbons (Fsp3) is 0.556. The zero-order valence-electron chi connectivity index (χ0n) is 8.48. The maximum Gasteiger partial charge on any atom is 0.150 e. The van der Waals surface area contributed by atoms with Crippen LogP contribution in [-0.2, 0) is 0 Å². The lowest BCUT2D eigenvalue weighted by Gasteiger charge is -2.23. The van der Waals surface area contributed by atoms with Crippen LogP contribution < -0.4 is 16.4 Å². The van der Waals surface area contributed by atoms with Crippen LogP contribution in [0.3, 0.4) is 0 Å². The summed E-state index contributed by atoms with van der Waals surface area (Å²) in [5.74, 6) is 0.878. The average molecular weight is 195 g/mol. The SMILES string of the molecule is Cc1nccnc1N(CCN)CCN. The number of anilines is 1. The molecule has 0 aliphatic rings. The molecule has 0 saturated carbocycles. The van der Waals surface area contributed by atoms with Crippen LogP contribution in [0.2, 0.25) is 0 Å². The van der Waals surface area contributed by atoms with Gasteiger partial charge >= 0.3 is 0 Å². The first-order chi connectivity index (χ1) is 6.79. The van der Waals surface area contributed by atoms with Gasteiger partial charge in [0.05, 0.1) is 5.69 Å². The summed E-state index contributed by atoms with van der Waals surface area (Å²) in [6.45, 7) is 4.64. The summed E-state index contributed by atoms with van der Waals surface area (Å²) in [7, 11) is 0. The summed E-state index contributed by atoms with van der Waals surface area (Å²) < 4.78 is 0. The minimum atomic E-state index is 0.593. The fourth-order valence-electron chi connectivity index (χ4n) is 1.35. The van der Waals surface area contributed by atoms with Gasteiger partial charge in [-0.25, -0.2) is 4.98 Å². The van der Waals surface area contributed by atoms with E-state index in [2.05, 4.69) is 14.9 Å². The van der Waals surface area contributed by atoms with Crippen LogP contribution in [0.1, 0.15) is 5.69 Å². The minimum absolute atomic E-state index is 0.593. The molecule has 0 aromatic carbocycles. The summed E-state index contributed by atoms with van der Waals surface area (Å²) in [6.07, 6.45) is 3.37. The van der Waals surface area contributed by atoms with Gasteiger partial charge in [-0.15, -0.1) is 0 Å². The van der Waals surface area contributed by atoms with E-state index in [1.54, 1.807) is 12.4 Å². The van der Waals surface area contributed by atoms with E-state index >= 15 is 0 Å². The first kappa shape index (κ1) is 10.9. The number of aromatic nitrogens is 2. The monoisotopic (exact) mass is 195 g/mol. The highest BCUT2D eigenvalue weighted by Crippen LogP contribution is 2.11. The Morgan fingerprint density at radius 2 is 1.71 bits per heavy atom. The quantitative estimate of drug-likeness (QED) is 0.662. The van der Waals surface area contributed by atoms with Crippen LogP contribution in [-0.4, -0.2) is 36.1 Å². The Hall–Kier alpha value is -1.20. The third-order valence-electron chi connectivity index (χ3n) is 1.95. The van der Waals surface area contributed by atoms with E-state index in [9.17, 15) is 0 Å². The molecule has 0 unspecified atom stereocenters. The molecule has 5 heteroatoms. The van der Waals surface area contributed by atoms with E-state index in [4.69, 9.17) is 11.5 Å². The predicted molar refractivity (Wildman–Crippen MR) is 57.1 cm³/mol.